The molecular weight excluding hydrogens is 246 g/mol. The van der Waals surface area contributed by atoms with E-state index in [1.54, 1.807) is 22.5 Å². The van der Waals surface area contributed by atoms with Gasteiger partial charge in [-0.3, -0.25) is 9.48 Å². The van der Waals surface area contributed by atoms with Crippen LogP contribution in [0.15, 0.2) is 30.0 Å². The summed E-state index contributed by atoms with van der Waals surface area (Å²) < 4.78 is 3.30. The maximum Gasteiger partial charge on any atom is 0.248 e. The molecule has 0 saturated heterocycles. The van der Waals surface area contributed by atoms with Crippen molar-refractivity contribution >= 4 is 11.9 Å². The Kier molecular flexibility index (Phi) is 2.37. The Labute approximate surface area is 108 Å². The normalized spacial score (nSPS) is 18.1. The Balaban J connectivity index is 2.20. The molecule has 3 heterocycles. The van der Waals surface area contributed by atoms with Crippen LogP contribution in [0.5, 0.6) is 0 Å². The van der Waals surface area contributed by atoms with Crippen molar-refractivity contribution in [2.24, 2.45) is 12.8 Å². The first-order chi connectivity index (χ1) is 9.08. The van der Waals surface area contributed by atoms with E-state index in [2.05, 4.69) is 20.5 Å². The van der Waals surface area contributed by atoms with E-state index in [1.807, 2.05) is 13.2 Å². The van der Waals surface area contributed by atoms with Crippen molar-refractivity contribution < 1.29 is 4.79 Å². The number of aromatic nitrogens is 5. The highest BCUT2D eigenvalue weighted by atomic mass is 16.1. The van der Waals surface area contributed by atoms with Crippen LogP contribution in [0.1, 0.15) is 18.5 Å². The van der Waals surface area contributed by atoms with E-state index in [4.69, 9.17) is 5.73 Å². The highest BCUT2D eigenvalue weighted by molar-refractivity contribution is 5.95. The van der Waals surface area contributed by atoms with Gasteiger partial charge in [0.1, 0.15) is 12.4 Å². The van der Waals surface area contributed by atoms with Gasteiger partial charge in [-0.25, -0.2) is 4.68 Å². The molecule has 3 rings (SSSR count). The fourth-order valence-electron chi connectivity index (χ4n) is 2.30. The predicted octanol–water partition coefficient (Wildman–Crippen LogP) is -0.214. The van der Waals surface area contributed by atoms with E-state index in [0.717, 1.165) is 5.56 Å². The smallest absolute Gasteiger partial charge is 0.248 e. The standard InChI is InChI=1S/C11H13N7O/c1-6-8(10(12)19)9(7-3-14-17(2)4-7)18-11(16-6)13-5-15-18/h3-5,9H,1-2H3,(H2,12,19)(H,13,15,16). The molecule has 0 aliphatic carbocycles. The first kappa shape index (κ1) is 11.5. The molecule has 8 heteroatoms. The summed E-state index contributed by atoms with van der Waals surface area (Å²) >= 11 is 0. The minimum absolute atomic E-state index is 0.398. The van der Waals surface area contributed by atoms with Gasteiger partial charge < -0.3 is 11.1 Å². The molecular formula is C11H13N7O. The highest BCUT2D eigenvalue weighted by Gasteiger charge is 2.32. The van der Waals surface area contributed by atoms with Gasteiger partial charge in [-0.15, -0.1) is 0 Å². The van der Waals surface area contributed by atoms with Crippen molar-refractivity contribution in [3.8, 4) is 0 Å². The van der Waals surface area contributed by atoms with Gasteiger partial charge in [0.2, 0.25) is 11.9 Å². The number of aryl methyl sites for hydroxylation is 1. The zero-order chi connectivity index (χ0) is 13.6. The molecule has 1 aliphatic heterocycles. The summed E-state index contributed by atoms with van der Waals surface area (Å²) in [6.45, 7) is 1.79. The van der Waals surface area contributed by atoms with E-state index in [9.17, 15) is 4.79 Å². The third-order valence-electron chi connectivity index (χ3n) is 3.10. The van der Waals surface area contributed by atoms with E-state index in [0.29, 0.717) is 17.2 Å². The van der Waals surface area contributed by atoms with E-state index in [1.165, 1.54) is 6.33 Å². The molecule has 0 saturated carbocycles. The van der Waals surface area contributed by atoms with Crippen molar-refractivity contribution in [1.82, 2.24) is 24.5 Å². The van der Waals surface area contributed by atoms with Crippen molar-refractivity contribution in [3.63, 3.8) is 0 Å². The molecule has 8 nitrogen and oxygen atoms in total. The molecule has 1 aliphatic rings. The average molecular weight is 259 g/mol. The van der Waals surface area contributed by atoms with Gasteiger partial charge in [0, 0.05) is 24.5 Å². The lowest BCUT2D eigenvalue weighted by Gasteiger charge is -2.26. The SMILES string of the molecule is CC1=C(C(N)=O)C(c2cnn(C)c2)n2ncnc2N1. The molecule has 0 spiro atoms. The summed E-state index contributed by atoms with van der Waals surface area (Å²) in [6, 6.07) is -0.398. The van der Waals surface area contributed by atoms with E-state index >= 15 is 0 Å². The van der Waals surface area contributed by atoms with Crippen LogP contribution in [-0.2, 0) is 11.8 Å². The van der Waals surface area contributed by atoms with Crippen molar-refractivity contribution in [2.75, 3.05) is 5.32 Å². The van der Waals surface area contributed by atoms with E-state index in [-0.39, 0.29) is 0 Å². The molecule has 0 fully saturated rings. The zero-order valence-corrected chi connectivity index (χ0v) is 10.5. The Bertz CT molecular complexity index is 681. The second-order valence-electron chi connectivity index (χ2n) is 4.41. The molecule has 1 unspecified atom stereocenters. The van der Waals surface area contributed by atoms with Gasteiger partial charge in [-0.05, 0) is 6.92 Å². The summed E-state index contributed by atoms with van der Waals surface area (Å²) in [5.74, 6) is 0.0938. The molecule has 2 aromatic heterocycles. The number of amides is 1. The summed E-state index contributed by atoms with van der Waals surface area (Å²) in [7, 11) is 1.81. The fourth-order valence-corrected chi connectivity index (χ4v) is 2.30. The van der Waals surface area contributed by atoms with Crippen LogP contribution in [-0.4, -0.2) is 30.5 Å². The van der Waals surface area contributed by atoms with Crippen LogP contribution in [0.2, 0.25) is 0 Å². The van der Waals surface area contributed by atoms with Crippen molar-refractivity contribution in [3.05, 3.63) is 35.6 Å². The Hall–Kier alpha value is -2.64. The van der Waals surface area contributed by atoms with E-state index < -0.39 is 11.9 Å². The lowest BCUT2D eigenvalue weighted by atomic mass is 9.98. The Morgan fingerprint density at radius 1 is 1.47 bits per heavy atom. The topological polar surface area (TPSA) is 104 Å². The van der Waals surface area contributed by atoms with Crippen LogP contribution < -0.4 is 11.1 Å². The molecule has 0 aromatic carbocycles. The van der Waals surface area contributed by atoms with Gasteiger partial charge >= 0.3 is 0 Å². The van der Waals surface area contributed by atoms with Crippen LogP contribution in [0.25, 0.3) is 0 Å². The van der Waals surface area contributed by atoms with Gasteiger partial charge in [0.15, 0.2) is 0 Å². The minimum Gasteiger partial charge on any atom is -0.366 e. The lowest BCUT2D eigenvalue weighted by Crippen LogP contribution is -2.31. The molecule has 98 valence electrons. The second kappa shape index (κ2) is 3.94. The summed E-state index contributed by atoms with van der Waals surface area (Å²) in [4.78, 5) is 15.8. The van der Waals surface area contributed by atoms with Crippen molar-refractivity contribution in [1.29, 1.82) is 0 Å². The minimum atomic E-state index is -0.486. The number of carbonyl (C=O) groups excluding carboxylic acids is 1. The maximum absolute atomic E-state index is 11.7. The number of allylic oxidation sites excluding steroid dienone is 1. The number of fused-ring (bicyclic) bond motifs is 1. The Morgan fingerprint density at radius 2 is 2.26 bits per heavy atom. The van der Waals surface area contributed by atoms with Gasteiger partial charge in [0.25, 0.3) is 0 Å². The molecule has 1 atom stereocenters. The molecule has 19 heavy (non-hydrogen) atoms. The largest absolute Gasteiger partial charge is 0.366 e. The number of anilines is 1. The third kappa shape index (κ3) is 1.68. The second-order valence-corrected chi connectivity index (χ2v) is 4.41. The number of hydrogen-bond acceptors (Lipinski definition) is 5. The summed E-state index contributed by atoms with van der Waals surface area (Å²) in [6.07, 6.45) is 4.96. The number of carbonyl (C=O) groups is 1. The van der Waals surface area contributed by atoms with Crippen molar-refractivity contribution in [2.45, 2.75) is 13.0 Å². The molecule has 3 N–H and O–H groups in total. The van der Waals surface area contributed by atoms with Crippen LogP contribution in [0.4, 0.5) is 5.95 Å². The number of primary amides is 1. The third-order valence-corrected chi connectivity index (χ3v) is 3.10. The maximum atomic E-state index is 11.7. The lowest BCUT2D eigenvalue weighted by molar-refractivity contribution is -0.115. The summed E-state index contributed by atoms with van der Waals surface area (Å²) in [5.41, 5.74) is 7.48. The van der Waals surface area contributed by atoms with Gasteiger partial charge in [-0.2, -0.15) is 15.2 Å². The predicted molar refractivity (Wildman–Crippen MR) is 66.9 cm³/mol. The zero-order valence-electron chi connectivity index (χ0n) is 10.5. The molecule has 1 amide bonds. The van der Waals surface area contributed by atoms with Crippen LogP contribution >= 0.6 is 0 Å². The fraction of sp³-hybridized carbons (Fsp3) is 0.273. The van der Waals surface area contributed by atoms with Gasteiger partial charge in [-0.1, -0.05) is 0 Å². The van der Waals surface area contributed by atoms with Gasteiger partial charge in [0.05, 0.1) is 11.8 Å². The number of rotatable bonds is 2. The number of hydrogen-bond donors (Lipinski definition) is 2. The number of nitrogens with one attached hydrogen (secondary N) is 1. The number of nitrogens with two attached hydrogens (primary N) is 1. The average Bonchev–Trinajstić information content (AvgIpc) is 2.95. The summed E-state index contributed by atoms with van der Waals surface area (Å²) in [5, 5.41) is 11.3. The Morgan fingerprint density at radius 3 is 2.89 bits per heavy atom. The molecule has 0 radical (unpaired) electrons. The first-order valence-electron chi connectivity index (χ1n) is 5.73. The monoisotopic (exact) mass is 259 g/mol. The van der Waals surface area contributed by atoms with Crippen LogP contribution in [0.3, 0.4) is 0 Å². The highest BCUT2D eigenvalue weighted by Crippen LogP contribution is 2.33. The van der Waals surface area contributed by atoms with Crippen LogP contribution in [0, 0.1) is 0 Å². The number of nitrogens with zero attached hydrogens (tertiary/aromatic N) is 5. The first-order valence-corrected chi connectivity index (χ1v) is 5.73. The quantitative estimate of drug-likeness (QED) is 0.776. The molecule has 0 bridgehead atoms. The molecule has 2 aromatic rings.